The fraction of sp³-hybridized carbons (Fsp3) is 0.357. The van der Waals surface area contributed by atoms with Gasteiger partial charge in [-0.2, -0.15) is 0 Å². The maximum Gasteiger partial charge on any atom is 0.328 e. The molecule has 0 atom stereocenters. The zero-order valence-corrected chi connectivity index (χ0v) is 12.0. The molecule has 0 aromatic heterocycles. The number of hydrogen-bond donors (Lipinski definition) is 2. The van der Waals surface area contributed by atoms with Crippen LogP contribution in [0.1, 0.15) is 20.3 Å². The number of nitrogens with zero attached hydrogens (tertiary/aromatic N) is 1. The first kappa shape index (κ1) is 16.6. The molecule has 1 aromatic carbocycles. The Hall–Kier alpha value is -2.44. The molecule has 2 N–H and O–H groups in total. The van der Waals surface area contributed by atoms with E-state index in [0.717, 1.165) is 11.0 Å². The van der Waals surface area contributed by atoms with Gasteiger partial charge in [-0.15, -0.1) is 0 Å². The van der Waals surface area contributed by atoms with Gasteiger partial charge in [-0.3, -0.25) is 19.8 Å². The third kappa shape index (κ3) is 4.55. The summed E-state index contributed by atoms with van der Waals surface area (Å²) in [6.07, 6.45) is -0.342. The summed E-state index contributed by atoms with van der Waals surface area (Å²) in [5, 5.41) is 11.0. The zero-order valence-electron chi connectivity index (χ0n) is 12.0. The molecule has 0 fully saturated rings. The number of urea groups is 1. The number of amides is 3. The van der Waals surface area contributed by atoms with Gasteiger partial charge >= 0.3 is 12.0 Å². The number of rotatable bonds is 4. The van der Waals surface area contributed by atoms with E-state index in [1.807, 2.05) is 0 Å². The number of aliphatic carboxylic acids is 1. The van der Waals surface area contributed by atoms with Crippen LogP contribution in [0.25, 0.3) is 0 Å². The normalized spacial score (nSPS) is 10.9. The van der Waals surface area contributed by atoms with E-state index in [4.69, 9.17) is 5.11 Å². The van der Waals surface area contributed by atoms with Gasteiger partial charge in [-0.25, -0.2) is 9.18 Å². The molecular formula is C14H17FN2O4. The fourth-order valence-corrected chi connectivity index (χ4v) is 1.53. The minimum absolute atomic E-state index is 0.276. The second kappa shape index (κ2) is 6.34. The van der Waals surface area contributed by atoms with Gasteiger partial charge in [0.25, 0.3) is 0 Å². The highest BCUT2D eigenvalue weighted by Crippen LogP contribution is 2.20. The molecule has 1 aromatic rings. The van der Waals surface area contributed by atoms with Crippen LogP contribution in [-0.4, -0.2) is 30.1 Å². The average Bonchev–Trinajstić information content (AvgIpc) is 2.36. The van der Waals surface area contributed by atoms with Gasteiger partial charge in [0.2, 0.25) is 5.91 Å². The topological polar surface area (TPSA) is 86.7 Å². The van der Waals surface area contributed by atoms with E-state index in [2.05, 4.69) is 5.32 Å². The molecule has 0 aliphatic rings. The first-order valence-electron chi connectivity index (χ1n) is 6.20. The Bertz CT molecular complexity index is 572. The van der Waals surface area contributed by atoms with E-state index in [-0.39, 0.29) is 12.1 Å². The second-order valence-corrected chi connectivity index (χ2v) is 5.26. The second-order valence-electron chi connectivity index (χ2n) is 5.26. The summed E-state index contributed by atoms with van der Waals surface area (Å²) in [5.74, 6) is -2.36. The average molecular weight is 296 g/mol. The summed E-state index contributed by atoms with van der Waals surface area (Å²) in [5.41, 5.74) is -1.00. The minimum atomic E-state index is -1.28. The molecule has 7 heteroatoms. The van der Waals surface area contributed by atoms with Crippen LogP contribution in [0.15, 0.2) is 24.3 Å². The van der Waals surface area contributed by atoms with Gasteiger partial charge in [0.1, 0.15) is 5.82 Å². The number of carboxylic acid groups (broad SMARTS) is 1. The molecule has 1 rings (SSSR count). The molecule has 0 heterocycles. The van der Waals surface area contributed by atoms with Crippen LogP contribution in [0.2, 0.25) is 0 Å². The Morgan fingerprint density at radius 3 is 2.48 bits per heavy atom. The Labute approximate surface area is 121 Å². The smallest absolute Gasteiger partial charge is 0.328 e. The van der Waals surface area contributed by atoms with Crippen LogP contribution in [0.4, 0.5) is 14.9 Å². The van der Waals surface area contributed by atoms with Crippen molar-refractivity contribution in [3.63, 3.8) is 0 Å². The number of benzene rings is 1. The molecule has 0 spiro atoms. The lowest BCUT2D eigenvalue weighted by Gasteiger charge is -2.20. The van der Waals surface area contributed by atoms with Crippen LogP contribution < -0.4 is 10.2 Å². The van der Waals surface area contributed by atoms with Crippen molar-refractivity contribution in [2.75, 3.05) is 11.9 Å². The Morgan fingerprint density at radius 2 is 1.95 bits per heavy atom. The molecular weight excluding hydrogens is 279 g/mol. The summed E-state index contributed by atoms with van der Waals surface area (Å²) in [6, 6.07) is 4.56. The first-order valence-corrected chi connectivity index (χ1v) is 6.20. The maximum absolute atomic E-state index is 13.1. The van der Waals surface area contributed by atoms with Crippen molar-refractivity contribution in [2.45, 2.75) is 20.3 Å². The summed E-state index contributed by atoms with van der Waals surface area (Å²) in [7, 11) is 1.37. The Kier molecular flexibility index (Phi) is 5.02. The molecule has 3 amide bonds. The number of nitrogens with one attached hydrogen (secondary N) is 1. The number of imide groups is 1. The standard InChI is InChI=1S/C14H17FN2O4/c1-14(2,12(19)20)8-11(18)16-13(21)17(3)10-6-4-5-9(15)7-10/h4-7H,8H2,1-3H3,(H,19,20)(H,16,18,21). The van der Waals surface area contributed by atoms with Crippen molar-refractivity contribution in [3.05, 3.63) is 30.1 Å². The molecule has 0 unspecified atom stereocenters. The maximum atomic E-state index is 13.1. The molecule has 0 aliphatic heterocycles. The third-order valence-corrected chi connectivity index (χ3v) is 2.93. The third-order valence-electron chi connectivity index (χ3n) is 2.93. The molecule has 0 bridgehead atoms. The number of carbonyl (C=O) groups is 3. The number of anilines is 1. The number of carboxylic acids is 1. The largest absolute Gasteiger partial charge is 0.481 e. The van der Waals surface area contributed by atoms with Crippen LogP contribution in [0, 0.1) is 11.2 Å². The summed E-state index contributed by atoms with van der Waals surface area (Å²) in [6.45, 7) is 2.77. The quantitative estimate of drug-likeness (QED) is 0.889. The Morgan fingerprint density at radius 1 is 1.33 bits per heavy atom. The van der Waals surface area contributed by atoms with Gasteiger partial charge < -0.3 is 5.11 Å². The van der Waals surface area contributed by atoms with Crippen molar-refractivity contribution in [1.29, 1.82) is 0 Å². The first-order chi connectivity index (χ1) is 9.63. The fourth-order valence-electron chi connectivity index (χ4n) is 1.53. The van der Waals surface area contributed by atoms with E-state index in [1.165, 1.54) is 39.1 Å². The SMILES string of the molecule is CN(C(=O)NC(=O)CC(C)(C)C(=O)O)c1cccc(F)c1. The Balaban J connectivity index is 2.69. The van der Waals surface area contributed by atoms with Gasteiger partial charge in [0.15, 0.2) is 0 Å². The lowest BCUT2D eigenvalue weighted by molar-refractivity contribution is -0.149. The summed E-state index contributed by atoms with van der Waals surface area (Å²) in [4.78, 5) is 35.5. The van der Waals surface area contributed by atoms with Crippen molar-refractivity contribution < 1.29 is 23.9 Å². The van der Waals surface area contributed by atoms with Crippen LogP contribution >= 0.6 is 0 Å². The van der Waals surface area contributed by atoms with Crippen LogP contribution in [-0.2, 0) is 9.59 Å². The minimum Gasteiger partial charge on any atom is -0.481 e. The number of hydrogen-bond acceptors (Lipinski definition) is 3. The van der Waals surface area contributed by atoms with Crippen LogP contribution in [0.5, 0.6) is 0 Å². The summed E-state index contributed by atoms with van der Waals surface area (Å²) >= 11 is 0. The van der Waals surface area contributed by atoms with Gasteiger partial charge in [0, 0.05) is 19.2 Å². The van der Waals surface area contributed by atoms with E-state index >= 15 is 0 Å². The van der Waals surface area contributed by atoms with E-state index < -0.39 is 29.1 Å². The molecule has 6 nitrogen and oxygen atoms in total. The number of carbonyl (C=O) groups excluding carboxylic acids is 2. The van der Waals surface area contributed by atoms with Crippen molar-refractivity contribution in [3.8, 4) is 0 Å². The molecule has 114 valence electrons. The lowest BCUT2D eigenvalue weighted by atomic mass is 9.89. The molecule has 0 aliphatic carbocycles. The van der Waals surface area contributed by atoms with E-state index in [0.29, 0.717) is 0 Å². The highest BCUT2D eigenvalue weighted by atomic mass is 19.1. The summed E-state index contributed by atoms with van der Waals surface area (Å²) < 4.78 is 13.1. The lowest BCUT2D eigenvalue weighted by Crippen LogP contribution is -2.43. The van der Waals surface area contributed by atoms with Crippen molar-refractivity contribution in [1.82, 2.24) is 5.32 Å². The van der Waals surface area contributed by atoms with Crippen LogP contribution in [0.3, 0.4) is 0 Å². The van der Waals surface area contributed by atoms with Crippen molar-refractivity contribution >= 4 is 23.6 Å². The molecule has 21 heavy (non-hydrogen) atoms. The highest BCUT2D eigenvalue weighted by molar-refractivity contribution is 6.03. The van der Waals surface area contributed by atoms with E-state index in [1.54, 1.807) is 0 Å². The number of halogens is 1. The van der Waals surface area contributed by atoms with Gasteiger partial charge in [0.05, 0.1) is 5.41 Å². The molecule has 0 radical (unpaired) electrons. The van der Waals surface area contributed by atoms with Gasteiger partial charge in [-0.1, -0.05) is 6.07 Å². The predicted molar refractivity (Wildman–Crippen MR) is 74.4 cm³/mol. The molecule has 0 saturated carbocycles. The van der Waals surface area contributed by atoms with Gasteiger partial charge in [-0.05, 0) is 32.0 Å². The van der Waals surface area contributed by atoms with E-state index in [9.17, 15) is 18.8 Å². The molecule has 0 saturated heterocycles. The monoisotopic (exact) mass is 296 g/mol. The zero-order chi connectivity index (χ0) is 16.2. The highest BCUT2D eigenvalue weighted by Gasteiger charge is 2.31. The predicted octanol–water partition coefficient (Wildman–Crippen LogP) is 2.00. The van der Waals surface area contributed by atoms with Crippen molar-refractivity contribution in [2.24, 2.45) is 5.41 Å².